The van der Waals surface area contributed by atoms with Crippen molar-refractivity contribution in [2.45, 2.75) is 11.6 Å². The standard InChI is InChI=1S/C21H22N6O4S/c1-31-15-8-6-14(7-9-15)27-13-24-26-21(27)32-12-19(29)25-17-5-3-2-4-16(17)20(30)23-11-10-18(22)28/h2-9,13H,10-12H2,1H3,(H2,22,28)(H,23,30)(H,25,29). The highest BCUT2D eigenvalue weighted by Crippen LogP contribution is 2.22. The molecule has 0 unspecified atom stereocenters. The quantitative estimate of drug-likeness (QED) is 0.395. The minimum atomic E-state index is -0.508. The first-order valence-electron chi connectivity index (χ1n) is 9.60. The largest absolute Gasteiger partial charge is 0.497 e. The van der Waals surface area contributed by atoms with Crippen molar-refractivity contribution in [3.63, 3.8) is 0 Å². The second-order valence-electron chi connectivity index (χ2n) is 6.54. The number of rotatable bonds is 10. The van der Waals surface area contributed by atoms with E-state index in [2.05, 4.69) is 20.8 Å². The van der Waals surface area contributed by atoms with E-state index in [1.165, 1.54) is 11.8 Å². The summed E-state index contributed by atoms with van der Waals surface area (Å²) in [5.74, 6) is -0.434. The van der Waals surface area contributed by atoms with Crippen LogP contribution in [0.3, 0.4) is 0 Å². The maximum atomic E-state index is 12.5. The molecule has 0 atom stereocenters. The summed E-state index contributed by atoms with van der Waals surface area (Å²) in [7, 11) is 1.59. The molecular weight excluding hydrogens is 432 g/mol. The summed E-state index contributed by atoms with van der Waals surface area (Å²) in [4.78, 5) is 35.7. The first-order valence-corrected chi connectivity index (χ1v) is 10.6. The van der Waals surface area contributed by atoms with Crippen molar-refractivity contribution < 1.29 is 19.1 Å². The summed E-state index contributed by atoms with van der Waals surface area (Å²) in [5.41, 5.74) is 6.57. The van der Waals surface area contributed by atoms with E-state index in [1.54, 1.807) is 42.3 Å². The Labute approximate surface area is 188 Å². The fourth-order valence-electron chi connectivity index (χ4n) is 2.74. The molecule has 2 aromatic carbocycles. The molecule has 0 saturated carbocycles. The summed E-state index contributed by atoms with van der Waals surface area (Å²) >= 11 is 1.21. The van der Waals surface area contributed by atoms with Gasteiger partial charge in [0, 0.05) is 18.7 Å². The molecule has 11 heteroatoms. The molecule has 0 fully saturated rings. The van der Waals surface area contributed by atoms with Crippen LogP contribution in [0.5, 0.6) is 5.75 Å². The van der Waals surface area contributed by atoms with Crippen LogP contribution in [-0.2, 0) is 9.59 Å². The summed E-state index contributed by atoms with van der Waals surface area (Å²) in [6.07, 6.45) is 1.60. The number of nitrogens with two attached hydrogens (primary N) is 1. The fraction of sp³-hybridized carbons (Fsp3) is 0.190. The number of hydrogen-bond acceptors (Lipinski definition) is 7. The van der Waals surface area contributed by atoms with Gasteiger partial charge in [-0.3, -0.25) is 19.0 Å². The molecule has 3 amide bonds. The van der Waals surface area contributed by atoms with Crippen LogP contribution in [0.1, 0.15) is 16.8 Å². The lowest BCUT2D eigenvalue weighted by Crippen LogP contribution is -2.29. The van der Waals surface area contributed by atoms with Crippen molar-refractivity contribution in [3.8, 4) is 11.4 Å². The molecule has 4 N–H and O–H groups in total. The number of methoxy groups -OCH3 is 1. The van der Waals surface area contributed by atoms with Gasteiger partial charge in [-0.2, -0.15) is 0 Å². The highest BCUT2D eigenvalue weighted by Gasteiger charge is 2.15. The zero-order valence-electron chi connectivity index (χ0n) is 17.3. The summed E-state index contributed by atoms with van der Waals surface area (Å²) in [6, 6.07) is 14.0. The normalized spacial score (nSPS) is 10.4. The molecular formula is C21H22N6O4S. The second kappa shape index (κ2) is 11.0. The van der Waals surface area contributed by atoms with Gasteiger partial charge < -0.3 is 21.1 Å². The molecule has 166 valence electrons. The number of nitrogens with one attached hydrogen (secondary N) is 2. The van der Waals surface area contributed by atoms with Gasteiger partial charge in [0.25, 0.3) is 5.91 Å². The molecule has 0 aliphatic heterocycles. The molecule has 3 rings (SSSR count). The van der Waals surface area contributed by atoms with E-state index in [4.69, 9.17) is 10.5 Å². The summed E-state index contributed by atoms with van der Waals surface area (Å²) < 4.78 is 6.92. The number of carbonyl (C=O) groups excluding carboxylic acids is 3. The number of amides is 3. The van der Waals surface area contributed by atoms with Gasteiger partial charge in [0.1, 0.15) is 12.1 Å². The molecule has 0 saturated heterocycles. The van der Waals surface area contributed by atoms with E-state index >= 15 is 0 Å². The van der Waals surface area contributed by atoms with Gasteiger partial charge in [0.2, 0.25) is 11.8 Å². The third-order valence-electron chi connectivity index (χ3n) is 4.30. The van der Waals surface area contributed by atoms with E-state index in [1.807, 2.05) is 24.3 Å². The molecule has 0 radical (unpaired) electrons. The van der Waals surface area contributed by atoms with Crippen LogP contribution in [0.15, 0.2) is 60.0 Å². The van der Waals surface area contributed by atoms with Gasteiger partial charge in [0.15, 0.2) is 5.16 Å². The van der Waals surface area contributed by atoms with E-state index in [0.717, 1.165) is 11.4 Å². The maximum absolute atomic E-state index is 12.5. The molecule has 0 bridgehead atoms. The molecule has 10 nitrogen and oxygen atoms in total. The van der Waals surface area contributed by atoms with Crippen molar-refractivity contribution in [1.29, 1.82) is 0 Å². The van der Waals surface area contributed by atoms with Crippen LogP contribution in [0.25, 0.3) is 5.69 Å². The molecule has 0 aliphatic carbocycles. The molecule has 1 aromatic heterocycles. The zero-order chi connectivity index (χ0) is 22.9. The number of anilines is 1. The number of para-hydroxylation sites is 1. The Kier molecular flexibility index (Phi) is 7.81. The van der Waals surface area contributed by atoms with Crippen molar-refractivity contribution >= 4 is 35.2 Å². The van der Waals surface area contributed by atoms with E-state index in [9.17, 15) is 14.4 Å². The molecule has 0 spiro atoms. The predicted molar refractivity (Wildman–Crippen MR) is 120 cm³/mol. The Bertz CT molecular complexity index is 1100. The zero-order valence-corrected chi connectivity index (χ0v) is 18.1. The first-order chi connectivity index (χ1) is 15.5. The van der Waals surface area contributed by atoms with Crippen LogP contribution in [0.2, 0.25) is 0 Å². The lowest BCUT2D eigenvalue weighted by molar-refractivity contribution is -0.118. The smallest absolute Gasteiger partial charge is 0.253 e. The topological polar surface area (TPSA) is 141 Å². The lowest BCUT2D eigenvalue weighted by atomic mass is 10.1. The number of nitrogens with zero attached hydrogens (tertiary/aromatic N) is 3. The van der Waals surface area contributed by atoms with Crippen LogP contribution in [0, 0.1) is 0 Å². The van der Waals surface area contributed by atoms with Gasteiger partial charge in [-0.05, 0) is 36.4 Å². The molecule has 1 heterocycles. The third-order valence-corrected chi connectivity index (χ3v) is 5.25. The van der Waals surface area contributed by atoms with Crippen LogP contribution < -0.4 is 21.1 Å². The van der Waals surface area contributed by atoms with Crippen LogP contribution >= 0.6 is 11.8 Å². The summed E-state index contributed by atoms with van der Waals surface area (Å²) in [6.45, 7) is 0.118. The minimum Gasteiger partial charge on any atom is -0.497 e. The fourth-order valence-corrected chi connectivity index (χ4v) is 3.47. The van der Waals surface area contributed by atoms with Crippen LogP contribution in [-0.4, -0.2) is 51.9 Å². The van der Waals surface area contributed by atoms with E-state index in [-0.39, 0.29) is 30.2 Å². The van der Waals surface area contributed by atoms with E-state index < -0.39 is 11.8 Å². The van der Waals surface area contributed by atoms with Gasteiger partial charge in [-0.1, -0.05) is 23.9 Å². The predicted octanol–water partition coefficient (Wildman–Crippen LogP) is 1.61. The van der Waals surface area contributed by atoms with Crippen molar-refractivity contribution in [2.24, 2.45) is 5.73 Å². The lowest BCUT2D eigenvalue weighted by Gasteiger charge is -2.11. The number of benzene rings is 2. The number of primary amides is 1. The Morgan fingerprint density at radius 2 is 1.88 bits per heavy atom. The maximum Gasteiger partial charge on any atom is 0.253 e. The van der Waals surface area contributed by atoms with Gasteiger partial charge in [-0.25, -0.2) is 0 Å². The van der Waals surface area contributed by atoms with Crippen molar-refractivity contribution in [1.82, 2.24) is 20.1 Å². The third kappa shape index (κ3) is 6.08. The molecule has 3 aromatic rings. The highest BCUT2D eigenvalue weighted by molar-refractivity contribution is 7.99. The monoisotopic (exact) mass is 454 g/mol. The van der Waals surface area contributed by atoms with E-state index in [0.29, 0.717) is 10.8 Å². The minimum absolute atomic E-state index is 0.0335. The number of ether oxygens (including phenoxy) is 1. The number of aromatic nitrogens is 3. The van der Waals surface area contributed by atoms with Gasteiger partial charge >= 0.3 is 0 Å². The average molecular weight is 455 g/mol. The molecule has 0 aliphatic rings. The Morgan fingerprint density at radius 3 is 2.59 bits per heavy atom. The SMILES string of the molecule is COc1ccc(-n2cnnc2SCC(=O)Nc2ccccc2C(=O)NCCC(N)=O)cc1. The van der Waals surface area contributed by atoms with Gasteiger partial charge in [0.05, 0.1) is 24.1 Å². The Morgan fingerprint density at radius 1 is 1.12 bits per heavy atom. The summed E-state index contributed by atoms with van der Waals surface area (Å²) in [5, 5.41) is 13.9. The molecule has 32 heavy (non-hydrogen) atoms. The Hall–Kier alpha value is -3.86. The Balaban J connectivity index is 1.61. The van der Waals surface area contributed by atoms with Crippen molar-refractivity contribution in [3.05, 3.63) is 60.4 Å². The number of hydrogen-bond donors (Lipinski definition) is 3. The second-order valence-corrected chi connectivity index (χ2v) is 7.48. The highest BCUT2D eigenvalue weighted by atomic mass is 32.2. The van der Waals surface area contributed by atoms with Crippen LogP contribution in [0.4, 0.5) is 5.69 Å². The average Bonchev–Trinajstić information content (AvgIpc) is 3.26. The number of thioether (sulfide) groups is 1. The number of carbonyl (C=O) groups is 3. The van der Waals surface area contributed by atoms with Crippen molar-refractivity contribution in [2.75, 3.05) is 24.7 Å². The first kappa shape index (κ1) is 22.8. The van der Waals surface area contributed by atoms with Gasteiger partial charge in [-0.15, -0.1) is 10.2 Å².